The van der Waals surface area contributed by atoms with E-state index in [0.29, 0.717) is 35.4 Å². The third-order valence-electron chi connectivity index (χ3n) is 8.90. The van der Waals surface area contributed by atoms with Crippen molar-refractivity contribution in [1.29, 1.82) is 5.26 Å². The van der Waals surface area contributed by atoms with Crippen LogP contribution in [0.2, 0.25) is 0 Å². The first kappa shape index (κ1) is 14.9. The molecule has 2 nitrogen and oxygen atoms in total. The van der Waals surface area contributed by atoms with Gasteiger partial charge in [-0.25, -0.2) is 0 Å². The first-order chi connectivity index (χ1) is 11.6. The van der Waals surface area contributed by atoms with Crippen molar-refractivity contribution < 1.29 is 4.79 Å². The Labute approximate surface area is 145 Å². The molecule has 3 fully saturated rings. The molecule has 0 aromatic heterocycles. The number of allylic oxidation sites excluding steroid dienone is 4. The number of hydrogen-bond acceptors (Lipinski definition) is 2. The van der Waals surface area contributed by atoms with Crippen LogP contribution in [0.15, 0.2) is 23.8 Å². The van der Waals surface area contributed by atoms with Crippen molar-refractivity contribution in [2.75, 3.05) is 0 Å². The van der Waals surface area contributed by atoms with Crippen LogP contribution in [0.25, 0.3) is 0 Å². The van der Waals surface area contributed by atoms with Gasteiger partial charge in [0.2, 0.25) is 0 Å². The van der Waals surface area contributed by atoms with E-state index in [4.69, 9.17) is 0 Å². The molecule has 126 valence electrons. The maximum atomic E-state index is 11.8. The maximum absolute atomic E-state index is 11.8. The quantitative estimate of drug-likeness (QED) is 0.703. The van der Waals surface area contributed by atoms with Crippen LogP contribution in [-0.4, -0.2) is 5.78 Å². The Balaban J connectivity index is 1.58. The van der Waals surface area contributed by atoms with E-state index in [1.165, 1.54) is 24.8 Å². The molecule has 0 bridgehead atoms. The van der Waals surface area contributed by atoms with Gasteiger partial charge in [0.05, 0.1) is 11.5 Å². The topological polar surface area (TPSA) is 40.9 Å². The van der Waals surface area contributed by atoms with Crippen LogP contribution in [0.1, 0.15) is 52.4 Å². The van der Waals surface area contributed by atoms with Crippen molar-refractivity contribution in [2.45, 2.75) is 52.4 Å². The summed E-state index contributed by atoms with van der Waals surface area (Å²) in [6, 6.07) is 2.80. The predicted octanol–water partition coefficient (Wildman–Crippen LogP) is 4.68. The van der Waals surface area contributed by atoms with Crippen molar-refractivity contribution in [2.24, 2.45) is 46.3 Å². The van der Waals surface area contributed by atoms with Crippen molar-refractivity contribution in [1.82, 2.24) is 0 Å². The highest BCUT2D eigenvalue weighted by Gasteiger charge is 2.75. The van der Waals surface area contributed by atoms with Crippen molar-refractivity contribution in [3.63, 3.8) is 0 Å². The first-order valence-corrected chi connectivity index (χ1v) is 9.89. The molecule has 2 heteroatoms. The lowest BCUT2D eigenvalue weighted by Crippen LogP contribution is -2.51. The van der Waals surface area contributed by atoms with Crippen molar-refractivity contribution in [3.8, 4) is 6.07 Å². The molecular formula is C22H27NO. The number of carbonyl (C=O) groups excluding carboxylic acids is 1. The molecule has 8 atom stereocenters. The maximum Gasteiger partial charge on any atom is 0.155 e. The van der Waals surface area contributed by atoms with Gasteiger partial charge in [-0.1, -0.05) is 19.1 Å². The molecule has 0 spiro atoms. The molecule has 0 aromatic rings. The van der Waals surface area contributed by atoms with Gasteiger partial charge in [-0.05, 0) is 91.6 Å². The SMILES string of the molecule is CC[C@]12CC[C@H]3[C@@H](C=CC4=CC(=O)CC[C@@H]43)[C@@H]1[C@@H]1C[C@@H]1C2(C)C#N. The number of rotatable bonds is 1. The lowest BCUT2D eigenvalue weighted by Gasteiger charge is -2.56. The zero-order chi connectivity index (χ0) is 16.7. The van der Waals surface area contributed by atoms with Gasteiger partial charge < -0.3 is 0 Å². The number of nitriles is 1. The third-order valence-corrected chi connectivity index (χ3v) is 8.90. The number of hydrogen-bond donors (Lipinski definition) is 0. The minimum absolute atomic E-state index is 0.117. The summed E-state index contributed by atoms with van der Waals surface area (Å²) in [6.07, 6.45) is 13.3. The van der Waals surface area contributed by atoms with Gasteiger partial charge in [-0.2, -0.15) is 5.26 Å². The smallest absolute Gasteiger partial charge is 0.155 e. The van der Waals surface area contributed by atoms with Crippen LogP contribution in [0.3, 0.4) is 0 Å². The predicted molar refractivity (Wildman–Crippen MR) is 92.7 cm³/mol. The van der Waals surface area contributed by atoms with E-state index in [-0.39, 0.29) is 10.8 Å². The summed E-state index contributed by atoms with van der Waals surface area (Å²) in [5.41, 5.74) is 1.41. The Kier molecular flexibility index (Phi) is 2.88. The highest BCUT2D eigenvalue weighted by Crippen LogP contribution is 2.79. The van der Waals surface area contributed by atoms with E-state index in [9.17, 15) is 10.1 Å². The molecule has 0 radical (unpaired) electrons. The van der Waals surface area contributed by atoms with Crippen LogP contribution in [-0.2, 0) is 4.79 Å². The summed E-state index contributed by atoms with van der Waals surface area (Å²) < 4.78 is 0. The molecule has 0 saturated heterocycles. The molecule has 5 aliphatic carbocycles. The van der Waals surface area contributed by atoms with Gasteiger partial charge in [0.15, 0.2) is 5.78 Å². The Bertz CT molecular complexity index is 712. The highest BCUT2D eigenvalue weighted by molar-refractivity contribution is 5.91. The van der Waals surface area contributed by atoms with Gasteiger partial charge in [-0.3, -0.25) is 4.79 Å². The molecule has 24 heavy (non-hydrogen) atoms. The standard InChI is InChI=1S/C22H27NO/c1-3-22-9-8-16-15-7-5-14(24)10-13(15)4-6-17(16)20(22)18-11-19(18)21(22,2)12-23/h4,6,10,15-20H,3,5,7-9,11H2,1-2H3/t15-,16+,17+,18+,19-,20+,21?,22-/m0/s1. The molecule has 0 amide bonds. The fourth-order valence-electron chi connectivity index (χ4n) is 7.75. The lowest BCUT2D eigenvalue weighted by molar-refractivity contribution is -0.115. The first-order valence-electron chi connectivity index (χ1n) is 9.89. The van der Waals surface area contributed by atoms with E-state index in [1.807, 2.05) is 6.08 Å². The minimum atomic E-state index is -0.117. The Morgan fingerprint density at radius 3 is 2.92 bits per heavy atom. The van der Waals surface area contributed by atoms with Crippen LogP contribution in [0.5, 0.6) is 0 Å². The van der Waals surface area contributed by atoms with E-state index in [2.05, 4.69) is 32.1 Å². The monoisotopic (exact) mass is 321 g/mol. The van der Waals surface area contributed by atoms with E-state index >= 15 is 0 Å². The Morgan fingerprint density at radius 2 is 2.17 bits per heavy atom. The third kappa shape index (κ3) is 1.55. The normalized spacial score (nSPS) is 54.0. The second-order valence-electron chi connectivity index (χ2n) is 9.25. The van der Waals surface area contributed by atoms with Crippen LogP contribution >= 0.6 is 0 Å². The number of ketones is 1. The molecule has 1 unspecified atom stereocenters. The van der Waals surface area contributed by atoms with E-state index in [1.54, 1.807) is 0 Å². The number of carbonyl (C=O) groups is 1. The summed E-state index contributed by atoms with van der Waals surface area (Å²) >= 11 is 0. The van der Waals surface area contributed by atoms with Gasteiger partial charge >= 0.3 is 0 Å². The zero-order valence-corrected chi connectivity index (χ0v) is 14.8. The second kappa shape index (κ2) is 4.63. The average molecular weight is 321 g/mol. The average Bonchev–Trinajstić information content (AvgIpc) is 3.36. The van der Waals surface area contributed by atoms with Crippen LogP contribution in [0, 0.1) is 57.7 Å². The molecule has 3 saturated carbocycles. The summed E-state index contributed by atoms with van der Waals surface area (Å²) in [7, 11) is 0. The fourth-order valence-corrected chi connectivity index (χ4v) is 7.75. The summed E-state index contributed by atoms with van der Waals surface area (Å²) in [4.78, 5) is 11.8. The number of nitrogens with zero attached hydrogens (tertiary/aromatic N) is 1. The van der Waals surface area contributed by atoms with Gasteiger partial charge in [0, 0.05) is 6.42 Å². The van der Waals surface area contributed by atoms with Gasteiger partial charge in [-0.15, -0.1) is 0 Å². The molecule has 5 aliphatic rings. The fraction of sp³-hybridized carbons (Fsp3) is 0.727. The second-order valence-corrected chi connectivity index (χ2v) is 9.25. The van der Waals surface area contributed by atoms with Gasteiger partial charge in [0.25, 0.3) is 0 Å². The minimum Gasteiger partial charge on any atom is -0.295 e. The Hall–Kier alpha value is -1.36. The van der Waals surface area contributed by atoms with Gasteiger partial charge in [0.1, 0.15) is 0 Å². The summed E-state index contributed by atoms with van der Waals surface area (Å²) in [6.45, 7) is 4.60. The summed E-state index contributed by atoms with van der Waals surface area (Å²) in [5, 5.41) is 10.1. The molecule has 0 heterocycles. The van der Waals surface area contributed by atoms with E-state index in [0.717, 1.165) is 25.2 Å². The zero-order valence-electron chi connectivity index (χ0n) is 14.8. The van der Waals surface area contributed by atoms with Crippen LogP contribution in [0.4, 0.5) is 0 Å². The summed E-state index contributed by atoms with van der Waals surface area (Å²) in [5.74, 6) is 4.38. The molecule has 5 rings (SSSR count). The number of fused-ring (bicyclic) bond motifs is 7. The van der Waals surface area contributed by atoms with Crippen molar-refractivity contribution in [3.05, 3.63) is 23.8 Å². The largest absolute Gasteiger partial charge is 0.295 e. The molecular weight excluding hydrogens is 294 g/mol. The molecule has 0 N–H and O–H groups in total. The van der Waals surface area contributed by atoms with E-state index < -0.39 is 0 Å². The Morgan fingerprint density at radius 1 is 1.33 bits per heavy atom. The molecule has 0 aromatic carbocycles. The van der Waals surface area contributed by atoms with Crippen molar-refractivity contribution >= 4 is 5.78 Å². The van der Waals surface area contributed by atoms with Crippen LogP contribution < -0.4 is 0 Å². The lowest BCUT2D eigenvalue weighted by atomic mass is 9.47. The highest BCUT2D eigenvalue weighted by atomic mass is 16.1. The molecule has 0 aliphatic heterocycles.